The zero-order valence-corrected chi connectivity index (χ0v) is 17.9. The molecule has 0 bridgehead atoms. The Kier molecular flexibility index (Phi) is 6.61. The molecule has 1 N–H and O–H groups in total. The minimum atomic E-state index is -0.320. The Hall–Kier alpha value is -2.80. The Morgan fingerprint density at radius 2 is 1.90 bits per heavy atom. The molecule has 0 unspecified atom stereocenters. The molecule has 1 saturated carbocycles. The Morgan fingerprint density at radius 3 is 2.61 bits per heavy atom. The van der Waals surface area contributed by atoms with Crippen molar-refractivity contribution < 1.29 is 14.0 Å². The van der Waals surface area contributed by atoms with Gasteiger partial charge in [-0.2, -0.15) is 0 Å². The topological polar surface area (TPSA) is 65.5 Å². The van der Waals surface area contributed by atoms with Gasteiger partial charge in [-0.25, -0.2) is 4.39 Å². The molecular formula is C24H29FN4O2. The van der Waals surface area contributed by atoms with Crippen molar-refractivity contribution in [3.63, 3.8) is 0 Å². The van der Waals surface area contributed by atoms with Crippen LogP contribution in [0.3, 0.4) is 0 Å². The van der Waals surface area contributed by atoms with Crippen LogP contribution in [-0.4, -0.2) is 65.9 Å². The van der Waals surface area contributed by atoms with E-state index in [-0.39, 0.29) is 29.6 Å². The largest absolute Gasteiger partial charge is 0.349 e. The molecule has 0 spiro atoms. The van der Waals surface area contributed by atoms with Crippen LogP contribution in [-0.2, 0) is 4.79 Å². The van der Waals surface area contributed by atoms with Crippen molar-refractivity contribution in [3.8, 4) is 11.3 Å². The molecule has 2 atom stereocenters. The quantitative estimate of drug-likeness (QED) is 0.820. The SMILES string of the molecule is CN1CCN(C(=O)[C@@H]2CCC[C@H](NC(=O)c3ccc(-c4cccc(F)c4)nc3)C2)CC1. The number of carbonyl (C=O) groups is 2. The van der Waals surface area contributed by atoms with Gasteiger partial charge in [0, 0.05) is 49.9 Å². The number of amides is 2. The smallest absolute Gasteiger partial charge is 0.253 e. The summed E-state index contributed by atoms with van der Waals surface area (Å²) in [5.41, 5.74) is 1.75. The Morgan fingerprint density at radius 1 is 1.10 bits per heavy atom. The van der Waals surface area contributed by atoms with E-state index < -0.39 is 0 Å². The van der Waals surface area contributed by atoms with Gasteiger partial charge in [-0.1, -0.05) is 18.6 Å². The maximum atomic E-state index is 13.4. The van der Waals surface area contributed by atoms with E-state index in [2.05, 4.69) is 22.2 Å². The zero-order chi connectivity index (χ0) is 21.8. The summed E-state index contributed by atoms with van der Waals surface area (Å²) in [5.74, 6) is -0.292. The summed E-state index contributed by atoms with van der Waals surface area (Å²) >= 11 is 0. The summed E-state index contributed by atoms with van der Waals surface area (Å²) < 4.78 is 13.4. The number of aromatic nitrogens is 1. The molecule has 2 heterocycles. The van der Waals surface area contributed by atoms with E-state index in [0.29, 0.717) is 23.2 Å². The molecule has 31 heavy (non-hydrogen) atoms. The van der Waals surface area contributed by atoms with E-state index in [1.807, 2.05) is 4.90 Å². The van der Waals surface area contributed by atoms with Gasteiger partial charge in [0.25, 0.3) is 5.91 Å². The first kappa shape index (κ1) is 21.4. The van der Waals surface area contributed by atoms with Crippen molar-refractivity contribution in [1.82, 2.24) is 20.1 Å². The van der Waals surface area contributed by atoms with Crippen molar-refractivity contribution in [2.45, 2.75) is 31.7 Å². The van der Waals surface area contributed by atoms with Crippen LogP contribution < -0.4 is 5.32 Å². The van der Waals surface area contributed by atoms with Crippen molar-refractivity contribution in [1.29, 1.82) is 0 Å². The maximum absolute atomic E-state index is 13.4. The molecule has 164 valence electrons. The number of halogens is 1. The Bertz CT molecular complexity index is 925. The van der Waals surface area contributed by atoms with Crippen LogP contribution >= 0.6 is 0 Å². The summed E-state index contributed by atoms with van der Waals surface area (Å²) in [6, 6.07) is 9.65. The first-order valence-corrected chi connectivity index (χ1v) is 11.0. The average Bonchev–Trinajstić information content (AvgIpc) is 2.79. The molecular weight excluding hydrogens is 395 g/mol. The van der Waals surface area contributed by atoms with Gasteiger partial charge < -0.3 is 15.1 Å². The van der Waals surface area contributed by atoms with Crippen LogP contribution in [0.25, 0.3) is 11.3 Å². The van der Waals surface area contributed by atoms with Gasteiger partial charge in [-0.3, -0.25) is 14.6 Å². The van der Waals surface area contributed by atoms with Crippen molar-refractivity contribution in [3.05, 3.63) is 54.0 Å². The van der Waals surface area contributed by atoms with E-state index >= 15 is 0 Å². The van der Waals surface area contributed by atoms with Crippen LogP contribution in [0.15, 0.2) is 42.6 Å². The standard InChI is InChI=1S/C24H29FN4O2/c1-28-10-12-29(13-11-28)24(31)18-5-3-7-21(15-18)27-23(30)19-8-9-22(26-16-19)17-4-2-6-20(25)14-17/h2,4,6,8-9,14,16,18,21H,3,5,7,10-13,15H2,1H3,(H,27,30)/t18-,21+/m1/s1. The maximum Gasteiger partial charge on any atom is 0.253 e. The van der Waals surface area contributed by atoms with Crippen LogP contribution in [0.2, 0.25) is 0 Å². The molecule has 1 aliphatic heterocycles. The highest BCUT2D eigenvalue weighted by molar-refractivity contribution is 5.94. The zero-order valence-electron chi connectivity index (χ0n) is 17.9. The lowest BCUT2D eigenvalue weighted by atomic mass is 9.84. The Labute approximate surface area is 182 Å². The van der Waals surface area contributed by atoms with Gasteiger partial charge in [0.15, 0.2) is 0 Å². The third-order valence-electron chi connectivity index (χ3n) is 6.32. The van der Waals surface area contributed by atoms with Crippen molar-refractivity contribution in [2.24, 2.45) is 5.92 Å². The summed E-state index contributed by atoms with van der Waals surface area (Å²) in [4.78, 5) is 34.2. The lowest BCUT2D eigenvalue weighted by Gasteiger charge is -2.37. The molecule has 1 saturated heterocycles. The number of benzene rings is 1. The van der Waals surface area contributed by atoms with E-state index in [4.69, 9.17) is 0 Å². The van der Waals surface area contributed by atoms with Gasteiger partial charge >= 0.3 is 0 Å². The lowest BCUT2D eigenvalue weighted by molar-refractivity contribution is -0.138. The van der Waals surface area contributed by atoms with Gasteiger partial charge in [0.2, 0.25) is 5.91 Å². The minimum Gasteiger partial charge on any atom is -0.349 e. The van der Waals surface area contributed by atoms with Crippen LogP contribution in [0.1, 0.15) is 36.0 Å². The van der Waals surface area contributed by atoms with Gasteiger partial charge in [0.1, 0.15) is 5.82 Å². The highest BCUT2D eigenvalue weighted by atomic mass is 19.1. The van der Waals surface area contributed by atoms with Gasteiger partial charge in [0.05, 0.1) is 11.3 Å². The second-order valence-corrected chi connectivity index (χ2v) is 8.60. The van der Waals surface area contributed by atoms with Crippen molar-refractivity contribution in [2.75, 3.05) is 33.2 Å². The van der Waals surface area contributed by atoms with E-state index in [1.165, 1.54) is 18.3 Å². The number of nitrogens with one attached hydrogen (secondary N) is 1. The second kappa shape index (κ2) is 9.56. The number of carbonyl (C=O) groups excluding carboxylic acids is 2. The number of likely N-dealkylation sites (N-methyl/N-ethyl adjacent to an activating group) is 1. The number of hydrogen-bond donors (Lipinski definition) is 1. The van der Waals surface area contributed by atoms with E-state index in [9.17, 15) is 14.0 Å². The molecule has 1 aliphatic carbocycles. The predicted octanol–water partition coefficient (Wildman–Crippen LogP) is 2.95. The molecule has 7 heteroatoms. The third kappa shape index (κ3) is 5.28. The minimum absolute atomic E-state index is 0.00874. The van der Waals surface area contributed by atoms with Crippen LogP contribution in [0, 0.1) is 11.7 Å². The summed E-state index contributed by atoms with van der Waals surface area (Å²) in [6.45, 7) is 3.40. The molecule has 0 radical (unpaired) electrons. The van der Waals surface area contributed by atoms with Gasteiger partial charge in [-0.05, 0) is 50.6 Å². The average molecular weight is 425 g/mol. The lowest BCUT2D eigenvalue weighted by Crippen LogP contribution is -2.50. The summed E-state index contributed by atoms with van der Waals surface area (Å²) in [7, 11) is 2.08. The highest BCUT2D eigenvalue weighted by Crippen LogP contribution is 2.27. The highest BCUT2D eigenvalue weighted by Gasteiger charge is 2.32. The van der Waals surface area contributed by atoms with E-state index in [1.54, 1.807) is 24.3 Å². The number of piperazine rings is 1. The van der Waals surface area contributed by atoms with Crippen LogP contribution in [0.5, 0.6) is 0 Å². The fourth-order valence-corrected chi connectivity index (χ4v) is 4.45. The number of rotatable bonds is 4. The first-order chi connectivity index (χ1) is 15.0. The first-order valence-electron chi connectivity index (χ1n) is 11.0. The van der Waals surface area contributed by atoms with E-state index in [0.717, 1.165) is 45.4 Å². The fourth-order valence-electron chi connectivity index (χ4n) is 4.45. The van der Waals surface area contributed by atoms with Crippen LogP contribution in [0.4, 0.5) is 4.39 Å². The summed E-state index contributed by atoms with van der Waals surface area (Å²) in [5, 5.41) is 3.08. The normalized spacial score (nSPS) is 22.2. The fraction of sp³-hybridized carbons (Fsp3) is 0.458. The molecule has 4 rings (SSSR count). The molecule has 2 aliphatic rings. The molecule has 1 aromatic heterocycles. The summed E-state index contributed by atoms with van der Waals surface area (Å²) in [6.07, 6.45) is 4.91. The van der Waals surface area contributed by atoms with Crippen molar-refractivity contribution >= 4 is 11.8 Å². The Balaban J connectivity index is 1.34. The molecule has 6 nitrogen and oxygen atoms in total. The third-order valence-corrected chi connectivity index (χ3v) is 6.32. The second-order valence-electron chi connectivity index (χ2n) is 8.60. The molecule has 2 amide bonds. The molecule has 2 aromatic rings. The van der Waals surface area contributed by atoms with Gasteiger partial charge in [-0.15, -0.1) is 0 Å². The predicted molar refractivity (Wildman–Crippen MR) is 117 cm³/mol. The monoisotopic (exact) mass is 424 g/mol. The number of hydrogen-bond acceptors (Lipinski definition) is 4. The molecule has 1 aromatic carbocycles. The molecule has 2 fully saturated rings. The number of pyridine rings is 1. The number of nitrogens with zero attached hydrogens (tertiary/aromatic N) is 3.